The summed E-state index contributed by atoms with van der Waals surface area (Å²) in [4.78, 5) is 14.9. The molecule has 1 fully saturated rings. The molecule has 2 rings (SSSR count). The van der Waals surface area contributed by atoms with Crippen LogP contribution in [0.25, 0.3) is 0 Å². The highest BCUT2D eigenvalue weighted by atomic mass is 16.7. The van der Waals surface area contributed by atoms with Gasteiger partial charge in [-0.3, -0.25) is 4.98 Å². The van der Waals surface area contributed by atoms with E-state index in [9.17, 15) is 4.79 Å². The van der Waals surface area contributed by atoms with Gasteiger partial charge in [0, 0.05) is 23.3 Å². The van der Waals surface area contributed by atoms with Gasteiger partial charge >= 0.3 is 7.12 Å². The maximum atomic E-state index is 10.5. The standard InChI is InChI=1S/C14H20BNO3/c1-10-12(7-6-11(16-10)8-9-17)15-18-13(2,3)14(4,5)19-15/h6-7,9H,8H2,1-5H3. The van der Waals surface area contributed by atoms with E-state index in [0.29, 0.717) is 6.42 Å². The number of aldehydes is 1. The Bertz CT molecular complexity index is 483. The largest absolute Gasteiger partial charge is 0.496 e. The maximum Gasteiger partial charge on any atom is 0.496 e. The Hall–Kier alpha value is -1.20. The molecule has 0 spiro atoms. The molecule has 0 amide bonds. The average molecular weight is 261 g/mol. The van der Waals surface area contributed by atoms with E-state index in [1.54, 1.807) is 0 Å². The van der Waals surface area contributed by atoms with Crippen molar-refractivity contribution in [2.75, 3.05) is 0 Å². The summed E-state index contributed by atoms with van der Waals surface area (Å²) in [5.74, 6) is 0. The molecule has 1 aliphatic heterocycles. The molecule has 4 nitrogen and oxygen atoms in total. The molecule has 0 aromatic carbocycles. The number of hydrogen-bond acceptors (Lipinski definition) is 4. The molecule has 1 aromatic rings. The molecule has 1 aliphatic rings. The van der Waals surface area contributed by atoms with Crippen LogP contribution in [0, 0.1) is 6.92 Å². The van der Waals surface area contributed by atoms with Gasteiger partial charge in [-0.1, -0.05) is 6.07 Å². The number of carbonyl (C=O) groups excluding carboxylic acids is 1. The Labute approximate surface area is 114 Å². The number of carbonyl (C=O) groups is 1. The molecule has 0 N–H and O–H groups in total. The Morgan fingerprint density at radius 1 is 1.21 bits per heavy atom. The Morgan fingerprint density at radius 2 is 1.79 bits per heavy atom. The summed E-state index contributed by atoms with van der Waals surface area (Å²) in [6.07, 6.45) is 1.20. The minimum atomic E-state index is -0.400. The molecule has 0 aliphatic carbocycles. The second kappa shape index (κ2) is 4.73. The van der Waals surface area contributed by atoms with Crippen molar-refractivity contribution in [3.63, 3.8) is 0 Å². The Morgan fingerprint density at radius 3 is 2.26 bits per heavy atom. The maximum absolute atomic E-state index is 10.5. The van der Waals surface area contributed by atoms with Gasteiger partial charge in [0.1, 0.15) is 6.29 Å². The SMILES string of the molecule is Cc1nc(CC=O)ccc1B1OC(C)(C)C(C)(C)O1. The number of rotatable bonds is 3. The fourth-order valence-corrected chi connectivity index (χ4v) is 2.04. The summed E-state index contributed by atoms with van der Waals surface area (Å²) in [6.45, 7) is 10.0. The third-order valence-corrected chi connectivity index (χ3v) is 3.98. The molecule has 0 saturated carbocycles. The van der Waals surface area contributed by atoms with Crippen molar-refractivity contribution in [2.45, 2.75) is 52.2 Å². The highest BCUT2D eigenvalue weighted by Crippen LogP contribution is 2.36. The molecule has 2 heterocycles. The number of nitrogens with zero attached hydrogens (tertiary/aromatic N) is 1. The zero-order valence-electron chi connectivity index (χ0n) is 12.2. The van der Waals surface area contributed by atoms with Crippen molar-refractivity contribution >= 4 is 18.9 Å². The van der Waals surface area contributed by atoms with Gasteiger partial charge in [-0.15, -0.1) is 0 Å². The van der Waals surface area contributed by atoms with Crippen molar-refractivity contribution in [1.29, 1.82) is 0 Å². The lowest BCUT2D eigenvalue weighted by Crippen LogP contribution is -2.41. The second-order valence-electron chi connectivity index (χ2n) is 5.94. The number of aromatic nitrogens is 1. The van der Waals surface area contributed by atoms with Crippen LogP contribution >= 0.6 is 0 Å². The van der Waals surface area contributed by atoms with Crippen molar-refractivity contribution in [3.05, 3.63) is 23.5 Å². The monoisotopic (exact) mass is 261 g/mol. The van der Waals surface area contributed by atoms with Crippen LogP contribution in [0.3, 0.4) is 0 Å². The summed E-state index contributed by atoms with van der Waals surface area (Å²) in [5, 5.41) is 0. The number of aryl methyl sites for hydroxylation is 1. The lowest BCUT2D eigenvalue weighted by atomic mass is 9.78. The topological polar surface area (TPSA) is 48.4 Å². The minimum Gasteiger partial charge on any atom is -0.399 e. The Kier molecular flexibility index (Phi) is 3.54. The van der Waals surface area contributed by atoms with Gasteiger partial charge in [-0.2, -0.15) is 0 Å². The van der Waals surface area contributed by atoms with E-state index in [-0.39, 0.29) is 11.2 Å². The fraction of sp³-hybridized carbons (Fsp3) is 0.571. The van der Waals surface area contributed by atoms with E-state index in [0.717, 1.165) is 23.1 Å². The normalized spacial score (nSPS) is 20.6. The van der Waals surface area contributed by atoms with E-state index in [1.807, 2.05) is 46.8 Å². The molecule has 0 atom stereocenters. The molecule has 1 saturated heterocycles. The zero-order valence-corrected chi connectivity index (χ0v) is 12.2. The smallest absolute Gasteiger partial charge is 0.399 e. The third kappa shape index (κ3) is 2.58. The first-order valence-electron chi connectivity index (χ1n) is 6.52. The van der Waals surface area contributed by atoms with E-state index in [2.05, 4.69) is 4.98 Å². The molecule has 0 radical (unpaired) electrons. The van der Waals surface area contributed by atoms with Crippen molar-refractivity contribution in [2.24, 2.45) is 0 Å². The van der Waals surface area contributed by atoms with Gasteiger partial charge in [-0.05, 0) is 40.7 Å². The van der Waals surface area contributed by atoms with E-state index >= 15 is 0 Å². The van der Waals surface area contributed by atoms with Crippen molar-refractivity contribution in [3.8, 4) is 0 Å². The number of pyridine rings is 1. The van der Waals surface area contributed by atoms with Gasteiger partial charge in [0.05, 0.1) is 11.2 Å². The number of hydrogen-bond donors (Lipinski definition) is 0. The predicted molar refractivity (Wildman–Crippen MR) is 74.5 cm³/mol. The summed E-state index contributed by atoms with van der Waals surface area (Å²) in [5.41, 5.74) is 1.83. The first-order chi connectivity index (χ1) is 8.77. The van der Waals surface area contributed by atoms with Gasteiger partial charge in [0.15, 0.2) is 0 Å². The summed E-state index contributed by atoms with van der Waals surface area (Å²) >= 11 is 0. The molecule has 19 heavy (non-hydrogen) atoms. The predicted octanol–water partition coefficient (Wildman–Crippen LogP) is 1.43. The zero-order chi connectivity index (χ0) is 14.3. The lowest BCUT2D eigenvalue weighted by Gasteiger charge is -2.32. The van der Waals surface area contributed by atoms with Crippen LogP contribution in [0.1, 0.15) is 39.1 Å². The van der Waals surface area contributed by atoms with Crippen LogP contribution in [0.15, 0.2) is 12.1 Å². The van der Waals surface area contributed by atoms with E-state index in [1.165, 1.54) is 0 Å². The molecular weight excluding hydrogens is 241 g/mol. The van der Waals surface area contributed by atoms with Crippen LogP contribution in [-0.2, 0) is 20.5 Å². The highest BCUT2D eigenvalue weighted by Gasteiger charge is 2.52. The summed E-state index contributed by atoms with van der Waals surface area (Å²) < 4.78 is 12.0. The van der Waals surface area contributed by atoms with Crippen LogP contribution in [0.4, 0.5) is 0 Å². The van der Waals surface area contributed by atoms with E-state index < -0.39 is 7.12 Å². The first-order valence-corrected chi connectivity index (χ1v) is 6.52. The van der Waals surface area contributed by atoms with Crippen LogP contribution in [0.2, 0.25) is 0 Å². The van der Waals surface area contributed by atoms with Crippen LogP contribution in [0.5, 0.6) is 0 Å². The lowest BCUT2D eigenvalue weighted by molar-refractivity contribution is -0.107. The third-order valence-electron chi connectivity index (χ3n) is 3.98. The minimum absolute atomic E-state index is 0.338. The molecule has 5 heteroatoms. The van der Waals surface area contributed by atoms with Crippen LogP contribution < -0.4 is 5.46 Å². The fourth-order valence-electron chi connectivity index (χ4n) is 2.04. The molecule has 0 unspecified atom stereocenters. The Balaban J connectivity index is 2.27. The quantitative estimate of drug-likeness (QED) is 0.610. The van der Waals surface area contributed by atoms with Crippen LogP contribution in [-0.4, -0.2) is 29.6 Å². The van der Waals surface area contributed by atoms with Gasteiger partial charge in [0.25, 0.3) is 0 Å². The first kappa shape index (κ1) is 14.2. The van der Waals surface area contributed by atoms with Gasteiger partial charge in [0.2, 0.25) is 0 Å². The van der Waals surface area contributed by atoms with E-state index in [4.69, 9.17) is 9.31 Å². The average Bonchev–Trinajstić information content (AvgIpc) is 2.48. The van der Waals surface area contributed by atoms with Crippen molar-refractivity contribution in [1.82, 2.24) is 4.98 Å². The second-order valence-corrected chi connectivity index (χ2v) is 5.94. The summed E-state index contributed by atoms with van der Waals surface area (Å²) in [7, 11) is -0.400. The van der Waals surface area contributed by atoms with Gasteiger partial charge in [-0.25, -0.2) is 0 Å². The molecular formula is C14H20BNO3. The molecule has 0 bridgehead atoms. The van der Waals surface area contributed by atoms with Crippen molar-refractivity contribution < 1.29 is 14.1 Å². The van der Waals surface area contributed by atoms with Gasteiger partial charge < -0.3 is 14.1 Å². The highest BCUT2D eigenvalue weighted by molar-refractivity contribution is 6.62. The molecule has 1 aromatic heterocycles. The molecule has 102 valence electrons. The summed E-state index contributed by atoms with van der Waals surface area (Å²) in [6, 6.07) is 3.78.